The van der Waals surface area contributed by atoms with Crippen molar-refractivity contribution >= 4 is 17.6 Å². The smallest absolute Gasteiger partial charge is 0.319 e. The Balaban J connectivity index is 1.52. The molecule has 0 aliphatic carbocycles. The number of rotatable bonds is 7. The van der Waals surface area contributed by atoms with E-state index in [9.17, 15) is 4.79 Å². The quantitative estimate of drug-likeness (QED) is 0.727. The second-order valence-corrected chi connectivity index (χ2v) is 6.84. The molecule has 27 heavy (non-hydrogen) atoms. The number of methoxy groups -OCH3 is 1. The van der Waals surface area contributed by atoms with Crippen molar-refractivity contribution in [3.05, 3.63) is 48.3 Å². The molecule has 1 aliphatic rings. The molecule has 2 N–H and O–H groups in total. The molecule has 0 amide bonds. The van der Waals surface area contributed by atoms with E-state index in [0.29, 0.717) is 12.6 Å². The van der Waals surface area contributed by atoms with Gasteiger partial charge in [0.1, 0.15) is 18.0 Å². The van der Waals surface area contributed by atoms with Crippen LogP contribution in [0, 0.1) is 0 Å². The lowest BCUT2D eigenvalue weighted by molar-refractivity contribution is -0.142. The van der Waals surface area contributed by atoms with Gasteiger partial charge in [-0.25, -0.2) is 9.97 Å². The minimum atomic E-state index is -0.180. The maximum Gasteiger partial charge on any atom is 0.319 e. The van der Waals surface area contributed by atoms with Crippen molar-refractivity contribution in [2.24, 2.45) is 0 Å². The predicted octanol–water partition coefficient (Wildman–Crippen LogP) is 2.70. The van der Waals surface area contributed by atoms with Crippen LogP contribution in [0.5, 0.6) is 0 Å². The SMILES string of the molecule is COC(=O)CN1CCC(Nc2cc(NC(C)c3ccccc3)ncn2)CC1. The van der Waals surface area contributed by atoms with Crippen molar-refractivity contribution in [2.75, 3.05) is 37.4 Å². The van der Waals surface area contributed by atoms with Gasteiger partial charge in [0.15, 0.2) is 0 Å². The summed E-state index contributed by atoms with van der Waals surface area (Å²) in [6.07, 6.45) is 3.50. The molecule has 144 valence electrons. The number of hydrogen-bond acceptors (Lipinski definition) is 7. The summed E-state index contributed by atoms with van der Waals surface area (Å²) in [7, 11) is 1.43. The number of nitrogens with one attached hydrogen (secondary N) is 2. The largest absolute Gasteiger partial charge is 0.468 e. The van der Waals surface area contributed by atoms with Gasteiger partial charge in [0.05, 0.1) is 13.7 Å². The molecule has 3 rings (SSSR count). The fourth-order valence-corrected chi connectivity index (χ4v) is 3.25. The third-order valence-electron chi connectivity index (χ3n) is 4.85. The number of likely N-dealkylation sites (tertiary alicyclic amines) is 1. The molecule has 7 nitrogen and oxygen atoms in total. The molecule has 0 radical (unpaired) electrons. The summed E-state index contributed by atoms with van der Waals surface area (Å²) in [5.74, 6) is 1.44. The number of piperidine rings is 1. The van der Waals surface area contributed by atoms with E-state index in [0.717, 1.165) is 37.6 Å². The zero-order chi connectivity index (χ0) is 19.1. The molecule has 2 aromatic rings. The fourth-order valence-electron chi connectivity index (χ4n) is 3.25. The van der Waals surface area contributed by atoms with E-state index in [2.05, 4.69) is 44.6 Å². The Morgan fingerprint density at radius 2 is 1.93 bits per heavy atom. The van der Waals surface area contributed by atoms with Crippen LogP contribution in [0.1, 0.15) is 31.4 Å². The fraction of sp³-hybridized carbons (Fsp3) is 0.450. The molecule has 1 unspecified atom stereocenters. The minimum Gasteiger partial charge on any atom is -0.468 e. The summed E-state index contributed by atoms with van der Waals surface area (Å²) < 4.78 is 4.73. The summed E-state index contributed by atoms with van der Waals surface area (Å²) in [6, 6.07) is 12.7. The Morgan fingerprint density at radius 3 is 2.63 bits per heavy atom. The molecular formula is C20H27N5O2. The lowest BCUT2D eigenvalue weighted by atomic mass is 10.1. The molecule has 1 fully saturated rings. The zero-order valence-electron chi connectivity index (χ0n) is 15.9. The van der Waals surface area contributed by atoms with Crippen molar-refractivity contribution < 1.29 is 9.53 Å². The second kappa shape index (κ2) is 9.32. The number of esters is 1. The zero-order valence-corrected chi connectivity index (χ0v) is 15.9. The van der Waals surface area contributed by atoms with E-state index < -0.39 is 0 Å². The highest BCUT2D eigenvalue weighted by Gasteiger charge is 2.21. The van der Waals surface area contributed by atoms with Gasteiger partial charge in [-0.05, 0) is 25.3 Å². The van der Waals surface area contributed by atoms with Gasteiger partial charge in [-0.1, -0.05) is 30.3 Å². The summed E-state index contributed by atoms with van der Waals surface area (Å²) >= 11 is 0. The van der Waals surface area contributed by atoms with E-state index in [1.807, 2.05) is 24.3 Å². The van der Waals surface area contributed by atoms with Gasteiger partial charge in [-0.15, -0.1) is 0 Å². The molecule has 0 saturated carbocycles. The molecule has 7 heteroatoms. The van der Waals surface area contributed by atoms with Crippen LogP contribution in [0.3, 0.4) is 0 Å². The maximum atomic E-state index is 11.4. The Bertz CT molecular complexity index is 732. The third-order valence-corrected chi connectivity index (χ3v) is 4.85. The van der Waals surface area contributed by atoms with Crippen LogP contribution < -0.4 is 10.6 Å². The molecule has 2 heterocycles. The Labute approximate surface area is 160 Å². The summed E-state index contributed by atoms with van der Waals surface area (Å²) in [4.78, 5) is 22.2. The molecule has 1 aromatic carbocycles. The second-order valence-electron chi connectivity index (χ2n) is 6.84. The van der Waals surface area contributed by atoms with Gasteiger partial charge in [0, 0.05) is 31.2 Å². The number of carbonyl (C=O) groups excluding carboxylic acids is 1. The van der Waals surface area contributed by atoms with Crippen LogP contribution in [0.25, 0.3) is 0 Å². The molecule has 1 atom stereocenters. The first kappa shape index (κ1) is 19.1. The Morgan fingerprint density at radius 1 is 1.22 bits per heavy atom. The monoisotopic (exact) mass is 369 g/mol. The number of anilines is 2. The van der Waals surface area contributed by atoms with E-state index in [4.69, 9.17) is 4.74 Å². The number of benzene rings is 1. The number of carbonyl (C=O) groups is 1. The van der Waals surface area contributed by atoms with Crippen molar-refractivity contribution in [3.8, 4) is 0 Å². The van der Waals surface area contributed by atoms with Crippen molar-refractivity contribution in [3.63, 3.8) is 0 Å². The number of ether oxygens (including phenoxy) is 1. The third kappa shape index (κ3) is 5.65. The van der Waals surface area contributed by atoms with Gasteiger partial charge in [-0.2, -0.15) is 0 Å². The first-order chi connectivity index (χ1) is 13.1. The van der Waals surface area contributed by atoms with Crippen LogP contribution in [0.15, 0.2) is 42.7 Å². The molecule has 1 aliphatic heterocycles. The molecule has 0 bridgehead atoms. The lowest BCUT2D eigenvalue weighted by Crippen LogP contribution is -2.41. The van der Waals surface area contributed by atoms with Crippen LogP contribution in [0.4, 0.5) is 11.6 Å². The number of aromatic nitrogens is 2. The number of hydrogen-bond donors (Lipinski definition) is 2. The highest BCUT2D eigenvalue weighted by molar-refractivity contribution is 5.71. The van der Waals surface area contributed by atoms with E-state index in [1.54, 1.807) is 6.33 Å². The first-order valence-corrected chi connectivity index (χ1v) is 9.33. The van der Waals surface area contributed by atoms with Gasteiger partial charge >= 0.3 is 5.97 Å². The van der Waals surface area contributed by atoms with Crippen LogP contribution >= 0.6 is 0 Å². The van der Waals surface area contributed by atoms with E-state index in [-0.39, 0.29) is 12.0 Å². The average Bonchev–Trinajstić information content (AvgIpc) is 2.70. The summed E-state index contributed by atoms with van der Waals surface area (Å²) in [5, 5.41) is 6.91. The Kier molecular flexibility index (Phi) is 6.59. The highest BCUT2D eigenvalue weighted by atomic mass is 16.5. The van der Waals surface area contributed by atoms with E-state index >= 15 is 0 Å². The van der Waals surface area contributed by atoms with Crippen molar-refractivity contribution in [1.82, 2.24) is 14.9 Å². The summed E-state index contributed by atoms with van der Waals surface area (Å²) in [6.45, 7) is 4.21. The standard InChI is InChI=1S/C20H27N5O2/c1-15(16-6-4-3-5-7-16)23-18-12-19(22-14-21-18)24-17-8-10-25(11-9-17)13-20(26)27-2/h3-7,12,14-15,17H,8-11,13H2,1-2H3,(H2,21,22,23,24). The van der Waals surface area contributed by atoms with Gasteiger partial charge in [0.2, 0.25) is 0 Å². The van der Waals surface area contributed by atoms with Crippen LogP contribution in [-0.4, -0.2) is 53.6 Å². The first-order valence-electron chi connectivity index (χ1n) is 9.33. The highest BCUT2D eigenvalue weighted by Crippen LogP contribution is 2.20. The summed E-state index contributed by atoms with van der Waals surface area (Å²) in [5.41, 5.74) is 1.21. The van der Waals surface area contributed by atoms with Crippen molar-refractivity contribution in [2.45, 2.75) is 31.8 Å². The van der Waals surface area contributed by atoms with Gasteiger partial charge in [-0.3, -0.25) is 9.69 Å². The van der Waals surface area contributed by atoms with Gasteiger partial charge in [0.25, 0.3) is 0 Å². The topological polar surface area (TPSA) is 79.4 Å². The van der Waals surface area contributed by atoms with Gasteiger partial charge < -0.3 is 15.4 Å². The van der Waals surface area contributed by atoms with Crippen LogP contribution in [0.2, 0.25) is 0 Å². The molecule has 0 spiro atoms. The van der Waals surface area contributed by atoms with E-state index in [1.165, 1.54) is 12.7 Å². The van der Waals surface area contributed by atoms with Crippen molar-refractivity contribution in [1.29, 1.82) is 0 Å². The number of nitrogens with zero attached hydrogens (tertiary/aromatic N) is 3. The minimum absolute atomic E-state index is 0.163. The molecule has 1 aromatic heterocycles. The lowest BCUT2D eigenvalue weighted by Gasteiger charge is -2.31. The van der Waals surface area contributed by atoms with Crippen LogP contribution in [-0.2, 0) is 9.53 Å². The maximum absolute atomic E-state index is 11.4. The predicted molar refractivity (Wildman–Crippen MR) is 106 cm³/mol. The average molecular weight is 369 g/mol. The molecule has 1 saturated heterocycles. The Hall–Kier alpha value is -2.67. The molecular weight excluding hydrogens is 342 g/mol. The normalized spacial score (nSPS) is 16.5.